The standard InChI is InChI=1S/C16H15N3O4/c1-22-11-3-2-4-12(7-11)23-9-14-18-15(16(20)21)13-6-5-10(17)8-19(13)14/h2-8H,9,17H2,1H3,(H,20,21). The fourth-order valence-electron chi connectivity index (χ4n) is 2.26. The molecule has 118 valence electrons. The maximum Gasteiger partial charge on any atom is 0.356 e. The highest BCUT2D eigenvalue weighted by molar-refractivity contribution is 5.93. The van der Waals surface area contributed by atoms with E-state index in [9.17, 15) is 9.90 Å². The summed E-state index contributed by atoms with van der Waals surface area (Å²) in [6, 6.07) is 10.4. The van der Waals surface area contributed by atoms with Crippen LogP contribution in [0.25, 0.3) is 5.52 Å². The van der Waals surface area contributed by atoms with Crippen LogP contribution in [0.1, 0.15) is 16.3 Å². The Bertz CT molecular complexity index is 873. The molecular weight excluding hydrogens is 298 g/mol. The second-order valence-corrected chi connectivity index (χ2v) is 4.87. The molecule has 0 saturated carbocycles. The molecule has 3 aromatic rings. The normalized spacial score (nSPS) is 10.7. The number of carboxylic acid groups (broad SMARTS) is 1. The summed E-state index contributed by atoms with van der Waals surface area (Å²) < 4.78 is 12.4. The molecule has 1 aromatic carbocycles. The van der Waals surface area contributed by atoms with E-state index in [0.29, 0.717) is 28.5 Å². The van der Waals surface area contributed by atoms with Gasteiger partial charge >= 0.3 is 5.97 Å². The minimum atomic E-state index is -1.10. The van der Waals surface area contributed by atoms with Gasteiger partial charge in [0.15, 0.2) is 11.5 Å². The molecule has 0 bridgehead atoms. The van der Waals surface area contributed by atoms with Crippen LogP contribution in [0, 0.1) is 0 Å². The van der Waals surface area contributed by atoms with Gasteiger partial charge in [0.05, 0.1) is 12.6 Å². The summed E-state index contributed by atoms with van der Waals surface area (Å²) in [5.41, 5.74) is 6.71. The van der Waals surface area contributed by atoms with Gasteiger partial charge in [0.2, 0.25) is 0 Å². The van der Waals surface area contributed by atoms with E-state index < -0.39 is 5.97 Å². The monoisotopic (exact) mass is 313 g/mol. The third-order valence-electron chi connectivity index (χ3n) is 3.34. The number of hydrogen-bond acceptors (Lipinski definition) is 5. The number of carboxylic acids is 1. The number of pyridine rings is 1. The Hall–Kier alpha value is -3.22. The predicted molar refractivity (Wildman–Crippen MR) is 83.9 cm³/mol. The summed E-state index contributed by atoms with van der Waals surface area (Å²) >= 11 is 0. The molecule has 3 N–H and O–H groups in total. The van der Waals surface area contributed by atoms with Gasteiger partial charge in [-0.3, -0.25) is 4.40 Å². The van der Waals surface area contributed by atoms with E-state index in [-0.39, 0.29) is 12.3 Å². The van der Waals surface area contributed by atoms with Crippen molar-refractivity contribution in [2.75, 3.05) is 12.8 Å². The molecular formula is C16H15N3O4. The van der Waals surface area contributed by atoms with Crippen molar-refractivity contribution in [3.63, 3.8) is 0 Å². The van der Waals surface area contributed by atoms with Gasteiger partial charge in [-0.25, -0.2) is 9.78 Å². The lowest BCUT2D eigenvalue weighted by atomic mass is 10.3. The number of nitrogen functional groups attached to an aromatic ring is 1. The summed E-state index contributed by atoms with van der Waals surface area (Å²) in [5.74, 6) is 0.625. The minimum absolute atomic E-state index is 0.0331. The molecule has 0 amide bonds. The molecule has 0 saturated heterocycles. The highest BCUT2D eigenvalue weighted by atomic mass is 16.5. The lowest BCUT2D eigenvalue weighted by Crippen LogP contribution is -2.02. The number of imidazole rings is 1. The number of aromatic nitrogens is 2. The Balaban J connectivity index is 1.93. The molecule has 0 aliphatic rings. The van der Waals surface area contributed by atoms with E-state index in [0.717, 1.165) is 0 Å². The summed E-state index contributed by atoms with van der Waals surface area (Å²) in [6.07, 6.45) is 1.62. The predicted octanol–water partition coefficient (Wildman–Crippen LogP) is 2.20. The topological polar surface area (TPSA) is 99.1 Å². The van der Waals surface area contributed by atoms with Gasteiger partial charge in [-0.05, 0) is 24.3 Å². The van der Waals surface area contributed by atoms with E-state index in [1.165, 1.54) is 0 Å². The Labute approximate surface area is 131 Å². The number of methoxy groups -OCH3 is 1. The van der Waals surface area contributed by atoms with Crippen LogP contribution in [0.15, 0.2) is 42.6 Å². The highest BCUT2D eigenvalue weighted by Crippen LogP contribution is 2.21. The summed E-state index contributed by atoms with van der Waals surface area (Å²) in [7, 11) is 1.57. The molecule has 7 heteroatoms. The molecule has 0 aliphatic heterocycles. The first-order chi connectivity index (χ1) is 11.1. The minimum Gasteiger partial charge on any atom is -0.497 e. The summed E-state index contributed by atoms with van der Waals surface area (Å²) in [5, 5.41) is 9.25. The number of rotatable bonds is 5. The average molecular weight is 313 g/mol. The molecule has 2 aromatic heterocycles. The van der Waals surface area contributed by atoms with Crippen LogP contribution in [0.5, 0.6) is 11.5 Å². The number of ether oxygens (including phenoxy) is 2. The van der Waals surface area contributed by atoms with Crippen LogP contribution in [-0.2, 0) is 6.61 Å². The van der Waals surface area contributed by atoms with Crippen LogP contribution in [0.4, 0.5) is 5.69 Å². The van der Waals surface area contributed by atoms with Gasteiger partial charge in [-0.15, -0.1) is 0 Å². The fourth-order valence-corrected chi connectivity index (χ4v) is 2.26. The van der Waals surface area contributed by atoms with E-state index in [2.05, 4.69) is 4.98 Å². The third kappa shape index (κ3) is 2.89. The molecule has 0 radical (unpaired) electrons. The van der Waals surface area contributed by atoms with Crippen molar-refractivity contribution in [3.05, 3.63) is 54.1 Å². The molecule has 0 spiro atoms. The van der Waals surface area contributed by atoms with E-state index in [1.54, 1.807) is 54.1 Å². The average Bonchev–Trinajstić information content (AvgIpc) is 2.91. The van der Waals surface area contributed by atoms with E-state index >= 15 is 0 Å². The lowest BCUT2D eigenvalue weighted by molar-refractivity contribution is 0.0693. The molecule has 3 rings (SSSR count). The van der Waals surface area contributed by atoms with Gasteiger partial charge in [0.1, 0.15) is 18.1 Å². The number of hydrogen-bond donors (Lipinski definition) is 2. The molecule has 0 unspecified atom stereocenters. The third-order valence-corrected chi connectivity index (χ3v) is 3.34. The van der Waals surface area contributed by atoms with Crippen molar-refractivity contribution in [3.8, 4) is 11.5 Å². The summed E-state index contributed by atoms with van der Waals surface area (Å²) in [6.45, 7) is 0.102. The van der Waals surface area contributed by atoms with Crippen LogP contribution in [-0.4, -0.2) is 27.6 Å². The largest absolute Gasteiger partial charge is 0.497 e. The molecule has 0 fully saturated rings. The highest BCUT2D eigenvalue weighted by Gasteiger charge is 2.17. The SMILES string of the molecule is COc1cccc(OCc2nc(C(=O)O)c3ccc(N)cn23)c1. The fraction of sp³-hybridized carbons (Fsp3) is 0.125. The van der Waals surface area contributed by atoms with E-state index in [4.69, 9.17) is 15.2 Å². The van der Waals surface area contributed by atoms with Gasteiger partial charge in [-0.1, -0.05) is 6.07 Å². The zero-order valence-electron chi connectivity index (χ0n) is 12.4. The van der Waals surface area contributed by atoms with Crippen molar-refractivity contribution in [2.24, 2.45) is 0 Å². The molecule has 23 heavy (non-hydrogen) atoms. The number of aromatic carboxylic acids is 1. The van der Waals surface area contributed by atoms with E-state index in [1.807, 2.05) is 0 Å². The first-order valence-corrected chi connectivity index (χ1v) is 6.85. The Morgan fingerprint density at radius 1 is 1.30 bits per heavy atom. The van der Waals surface area contributed by atoms with Crippen molar-refractivity contribution in [1.82, 2.24) is 9.38 Å². The number of anilines is 1. The second-order valence-electron chi connectivity index (χ2n) is 4.87. The van der Waals surface area contributed by atoms with Gasteiger partial charge in [0.25, 0.3) is 0 Å². The zero-order valence-corrected chi connectivity index (χ0v) is 12.4. The molecule has 2 heterocycles. The lowest BCUT2D eigenvalue weighted by Gasteiger charge is -2.07. The Morgan fingerprint density at radius 2 is 2.09 bits per heavy atom. The number of fused-ring (bicyclic) bond motifs is 1. The van der Waals surface area contributed by atoms with Gasteiger partial charge < -0.3 is 20.3 Å². The quantitative estimate of drug-likeness (QED) is 0.749. The van der Waals surface area contributed by atoms with Crippen LogP contribution in [0.3, 0.4) is 0 Å². The van der Waals surface area contributed by atoms with Crippen LogP contribution < -0.4 is 15.2 Å². The first kappa shape index (κ1) is 14.7. The van der Waals surface area contributed by atoms with Crippen molar-refractivity contribution < 1.29 is 19.4 Å². The molecule has 0 aliphatic carbocycles. The Morgan fingerprint density at radius 3 is 2.83 bits per heavy atom. The summed E-state index contributed by atoms with van der Waals surface area (Å²) in [4.78, 5) is 15.4. The number of benzene rings is 1. The first-order valence-electron chi connectivity index (χ1n) is 6.85. The number of nitrogens with zero attached hydrogens (tertiary/aromatic N) is 2. The molecule has 0 atom stereocenters. The molecule has 7 nitrogen and oxygen atoms in total. The number of nitrogens with two attached hydrogens (primary N) is 1. The maximum absolute atomic E-state index is 11.3. The van der Waals surface area contributed by atoms with Crippen molar-refractivity contribution >= 4 is 17.2 Å². The van der Waals surface area contributed by atoms with Crippen LogP contribution in [0.2, 0.25) is 0 Å². The van der Waals surface area contributed by atoms with Crippen molar-refractivity contribution in [1.29, 1.82) is 0 Å². The Kier molecular flexibility index (Phi) is 3.76. The zero-order chi connectivity index (χ0) is 16.4. The maximum atomic E-state index is 11.3. The smallest absolute Gasteiger partial charge is 0.356 e. The van der Waals surface area contributed by atoms with Crippen LogP contribution >= 0.6 is 0 Å². The second kappa shape index (κ2) is 5.88. The van der Waals surface area contributed by atoms with Gasteiger partial charge in [-0.2, -0.15) is 0 Å². The van der Waals surface area contributed by atoms with Crippen molar-refractivity contribution in [2.45, 2.75) is 6.61 Å². The number of carbonyl (C=O) groups is 1. The van der Waals surface area contributed by atoms with Gasteiger partial charge in [0, 0.05) is 18.0 Å².